The zero-order chi connectivity index (χ0) is 20.0. The number of benzene rings is 2. The van der Waals surface area contributed by atoms with Gasteiger partial charge in [-0.3, -0.25) is 14.9 Å². The number of aryl methyl sites for hydroxylation is 2. The van der Waals surface area contributed by atoms with Crippen LogP contribution in [0.4, 0.5) is 11.4 Å². The largest absolute Gasteiger partial charge is 0.483 e. The van der Waals surface area contributed by atoms with E-state index in [4.69, 9.17) is 17.0 Å². The highest BCUT2D eigenvalue weighted by atomic mass is 32.1. The Labute approximate surface area is 164 Å². The Kier molecular flexibility index (Phi) is 6.90. The van der Waals surface area contributed by atoms with Gasteiger partial charge in [-0.2, -0.15) is 0 Å². The van der Waals surface area contributed by atoms with E-state index in [9.17, 15) is 9.59 Å². The molecule has 0 unspecified atom stereocenters. The number of nitrogens with zero attached hydrogens (tertiary/aromatic N) is 1. The fourth-order valence-corrected chi connectivity index (χ4v) is 2.51. The molecule has 0 radical (unpaired) electrons. The Morgan fingerprint density at radius 2 is 1.78 bits per heavy atom. The summed E-state index contributed by atoms with van der Waals surface area (Å²) in [5.74, 6) is 0.276. The van der Waals surface area contributed by atoms with Crippen molar-refractivity contribution >= 4 is 40.5 Å². The molecule has 6 nitrogen and oxygen atoms in total. The van der Waals surface area contributed by atoms with Crippen LogP contribution in [-0.4, -0.2) is 30.6 Å². The highest BCUT2D eigenvalue weighted by molar-refractivity contribution is 7.80. The average molecular weight is 385 g/mol. The predicted molar refractivity (Wildman–Crippen MR) is 111 cm³/mol. The maximum absolute atomic E-state index is 12.0. The van der Waals surface area contributed by atoms with Crippen molar-refractivity contribution in [1.29, 1.82) is 0 Å². The molecule has 0 saturated carbocycles. The minimum absolute atomic E-state index is 0.0534. The lowest BCUT2D eigenvalue weighted by molar-refractivity contribution is -0.121. The van der Waals surface area contributed by atoms with Crippen LogP contribution in [0.15, 0.2) is 42.5 Å². The molecular formula is C20H23N3O3S. The van der Waals surface area contributed by atoms with Gasteiger partial charge in [0.05, 0.1) is 0 Å². The smallest absolute Gasteiger partial charge is 0.264 e. The average Bonchev–Trinajstić information content (AvgIpc) is 2.62. The molecule has 2 N–H and O–H groups in total. The van der Waals surface area contributed by atoms with Crippen LogP contribution in [0.25, 0.3) is 0 Å². The molecule has 2 rings (SSSR count). The number of anilines is 2. The summed E-state index contributed by atoms with van der Waals surface area (Å²) >= 11 is 5.15. The minimum atomic E-state index is -0.346. The normalized spacial score (nSPS) is 10.1. The zero-order valence-corrected chi connectivity index (χ0v) is 16.6. The molecule has 0 saturated heterocycles. The first-order chi connectivity index (χ1) is 12.8. The van der Waals surface area contributed by atoms with E-state index >= 15 is 0 Å². The van der Waals surface area contributed by atoms with Gasteiger partial charge >= 0.3 is 0 Å². The molecular weight excluding hydrogens is 362 g/mol. The van der Waals surface area contributed by atoms with E-state index in [0.29, 0.717) is 11.4 Å². The fourth-order valence-electron chi connectivity index (χ4n) is 2.28. The van der Waals surface area contributed by atoms with E-state index in [2.05, 4.69) is 10.6 Å². The molecule has 0 bridgehead atoms. The molecule has 0 spiro atoms. The third-order valence-electron chi connectivity index (χ3n) is 3.94. The van der Waals surface area contributed by atoms with Gasteiger partial charge in [-0.05, 0) is 67.5 Å². The lowest BCUT2D eigenvalue weighted by Gasteiger charge is -2.16. The molecule has 0 aromatic heterocycles. The van der Waals surface area contributed by atoms with Crippen LogP contribution >= 0.6 is 12.2 Å². The van der Waals surface area contributed by atoms with Gasteiger partial charge in [0.1, 0.15) is 5.75 Å². The minimum Gasteiger partial charge on any atom is -0.483 e. The van der Waals surface area contributed by atoms with Gasteiger partial charge in [0.25, 0.3) is 5.91 Å². The van der Waals surface area contributed by atoms with Gasteiger partial charge in [-0.25, -0.2) is 0 Å². The second-order valence-corrected chi connectivity index (χ2v) is 6.59. The molecule has 2 aromatic rings. The van der Waals surface area contributed by atoms with Gasteiger partial charge in [-0.15, -0.1) is 0 Å². The van der Waals surface area contributed by atoms with Crippen molar-refractivity contribution in [2.24, 2.45) is 0 Å². The number of nitrogens with one attached hydrogen (secondary N) is 2. The second-order valence-electron chi connectivity index (χ2n) is 6.18. The van der Waals surface area contributed by atoms with Gasteiger partial charge in [0.2, 0.25) is 5.91 Å². The summed E-state index contributed by atoms with van der Waals surface area (Å²) in [5, 5.41) is 5.69. The topological polar surface area (TPSA) is 70.7 Å². The van der Waals surface area contributed by atoms with Gasteiger partial charge < -0.3 is 15.0 Å². The van der Waals surface area contributed by atoms with Gasteiger partial charge in [0, 0.05) is 25.3 Å². The molecule has 142 valence electrons. The Morgan fingerprint density at radius 3 is 2.41 bits per heavy atom. The summed E-state index contributed by atoms with van der Waals surface area (Å²) in [6.45, 7) is 5.25. The van der Waals surface area contributed by atoms with Gasteiger partial charge in [0.15, 0.2) is 11.7 Å². The summed E-state index contributed by atoms with van der Waals surface area (Å²) in [4.78, 5) is 24.9. The molecule has 0 fully saturated rings. The fraction of sp³-hybridized carbons (Fsp3) is 0.250. The van der Waals surface area contributed by atoms with E-state index in [-0.39, 0.29) is 23.5 Å². The predicted octanol–water partition coefficient (Wildman–Crippen LogP) is 3.18. The van der Waals surface area contributed by atoms with Crippen molar-refractivity contribution in [3.8, 4) is 5.75 Å². The van der Waals surface area contributed by atoms with E-state index in [0.717, 1.165) is 16.8 Å². The van der Waals surface area contributed by atoms with Gasteiger partial charge in [-0.1, -0.05) is 12.1 Å². The maximum Gasteiger partial charge on any atom is 0.264 e. The van der Waals surface area contributed by atoms with Crippen molar-refractivity contribution < 1.29 is 14.3 Å². The number of hydrogen-bond acceptors (Lipinski definition) is 4. The maximum atomic E-state index is 12.0. The standard InChI is InChI=1S/C20H23N3O3S/c1-13-5-6-14(2)18(11-13)26-12-19(25)22-20(27)21-16-7-9-17(10-8-16)23(4)15(3)24/h5-11H,12H2,1-4H3,(H2,21,22,25,27). The summed E-state index contributed by atoms with van der Waals surface area (Å²) in [6, 6.07) is 13.0. The molecule has 0 atom stereocenters. The Balaban J connectivity index is 1.85. The molecule has 0 aliphatic rings. The first-order valence-corrected chi connectivity index (χ1v) is 8.82. The number of thiocarbonyl (C=S) groups is 1. The molecule has 7 heteroatoms. The lowest BCUT2D eigenvalue weighted by Crippen LogP contribution is -2.37. The van der Waals surface area contributed by atoms with Crippen LogP contribution in [0.2, 0.25) is 0 Å². The van der Waals surface area contributed by atoms with Crippen LogP contribution < -0.4 is 20.3 Å². The quantitative estimate of drug-likeness (QED) is 0.774. The highest BCUT2D eigenvalue weighted by Crippen LogP contribution is 2.19. The summed E-state index contributed by atoms with van der Waals surface area (Å²) < 4.78 is 5.56. The molecule has 0 aliphatic carbocycles. The van der Waals surface area contributed by atoms with E-state index < -0.39 is 0 Å². The van der Waals surface area contributed by atoms with Crippen molar-refractivity contribution in [1.82, 2.24) is 5.32 Å². The number of hydrogen-bond donors (Lipinski definition) is 2. The molecule has 2 amide bonds. The Bertz CT molecular complexity index is 850. The highest BCUT2D eigenvalue weighted by Gasteiger charge is 2.09. The van der Waals surface area contributed by atoms with Crippen molar-refractivity contribution in [2.75, 3.05) is 23.9 Å². The van der Waals surface area contributed by atoms with Crippen molar-refractivity contribution in [2.45, 2.75) is 20.8 Å². The Hall–Kier alpha value is -2.93. The van der Waals surface area contributed by atoms with Crippen molar-refractivity contribution in [3.05, 3.63) is 53.6 Å². The number of ether oxygens (including phenoxy) is 1. The summed E-state index contributed by atoms with van der Waals surface area (Å²) in [5.41, 5.74) is 3.50. The summed E-state index contributed by atoms with van der Waals surface area (Å²) in [7, 11) is 1.70. The summed E-state index contributed by atoms with van der Waals surface area (Å²) in [6.07, 6.45) is 0. The molecule has 2 aromatic carbocycles. The number of carbonyl (C=O) groups excluding carboxylic acids is 2. The molecule has 0 heterocycles. The van der Waals surface area contributed by atoms with Crippen LogP contribution in [0, 0.1) is 13.8 Å². The van der Waals surface area contributed by atoms with E-state index in [1.54, 1.807) is 31.3 Å². The van der Waals surface area contributed by atoms with Crippen LogP contribution in [-0.2, 0) is 9.59 Å². The number of amides is 2. The third-order valence-corrected chi connectivity index (χ3v) is 4.14. The first-order valence-electron chi connectivity index (χ1n) is 8.41. The van der Waals surface area contributed by atoms with E-state index in [1.807, 2.05) is 32.0 Å². The first kappa shape index (κ1) is 20.4. The monoisotopic (exact) mass is 385 g/mol. The van der Waals surface area contributed by atoms with Crippen LogP contribution in [0.1, 0.15) is 18.1 Å². The Morgan fingerprint density at radius 1 is 1.11 bits per heavy atom. The number of carbonyl (C=O) groups is 2. The SMILES string of the molecule is CC(=O)N(C)c1ccc(NC(=S)NC(=O)COc2cc(C)ccc2C)cc1. The molecule has 0 aliphatic heterocycles. The zero-order valence-electron chi connectivity index (χ0n) is 15.8. The van der Waals surface area contributed by atoms with E-state index in [1.165, 1.54) is 11.8 Å². The molecule has 27 heavy (non-hydrogen) atoms. The number of rotatable bonds is 5. The van der Waals surface area contributed by atoms with Crippen LogP contribution in [0.5, 0.6) is 5.75 Å². The third kappa shape index (κ3) is 6.07. The van der Waals surface area contributed by atoms with Crippen LogP contribution in [0.3, 0.4) is 0 Å². The van der Waals surface area contributed by atoms with Crippen molar-refractivity contribution in [3.63, 3.8) is 0 Å². The second kappa shape index (κ2) is 9.14. The lowest BCUT2D eigenvalue weighted by atomic mass is 10.1.